The molecule has 0 amide bonds. The quantitative estimate of drug-likeness (QED) is 0.424. The Labute approximate surface area is 97.4 Å². The van der Waals surface area contributed by atoms with Crippen LogP contribution in [-0.2, 0) is 22.9 Å². The van der Waals surface area contributed by atoms with Crippen LogP contribution in [0.2, 0.25) is 32.2 Å². The van der Waals surface area contributed by atoms with Crippen molar-refractivity contribution in [2.45, 2.75) is 32.2 Å². The van der Waals surface area contributed by atoms with Gasteiger partial charge in [0.2, 0.25) is 0 Å². The average Bonchev–Trinajstić information content (AvgIpc) is 2.14. The molecule has 0 bridgehead atoms. The summed E-state index contributed by atoms with van der Waals surface area (Å²) in [6, 6.07) is 0.477. The Kier molecular flexibility index (Phi) is 3.73. The summed E-state index contributed by atoms with van der Waals surface area (Å²) in [6.45, 7) is 7.87. The van der Waals surface area contributed by atoms with E-state index in [9.17, 15) is 9.59 Å². The van der Waals surface area contributed by atoms with Gasteiger partial charge in [-0.05, 0) is 32.2 Å². The van der Waals surface area contributed by atoms with Crippen molar-refractivity contribution in [3.05, 3.63) is 0 Å². The Bertz CT molecular complexity index is 299. The van der Waals surface area contributed by atoms with Gasteiger partial charge in [0.05, 0.1) is 0 Å². The molecule has 1 heterocycles. The molecule has 0 spiro atoms. The van der Waals surface area contributed by atoms with Gasteiger partial charge in [0.1, 0.15) is 0 Å². The summed E-state index contributed by atoms with van der Waals surface area (Å²) >= 11 is 0. The van der Waals surface area contributed by atoms with Gasteiger partial charge in [0, 0.05) is 7.11 Å². The topological polar surface area (TPSA) is 61.8 Å². The Morgan fingerprint density at radius 1 is 1.19 bits per heavy atom. The van der Waals surface area contributed by atoms with Crippen molar-refractivity contribution < 1.29 is 22.9 Å². The lowest BCUT2D eigenvalue weighted by molar-refractivity contribution is -0.182. The molecular weight excluding hydrogens is 244 g/mol. The SMILES string of the molecule is CO[Si](C)(C)O[Si](C)(C)CC1C(=O)OC1=O. The number of hydrogen-bond acceptors (Lipinski definition) is 5. The number of esters is 2. The van der Waals surface area contributed by atoms with E-state index in [4.69, 9.17) is 8.54 Å². The molecule has 1 rings (SSSR count). The van der Waals surface area contributed by atoms with Crippen LogP contribution in [-0.4, -0.2) is 35.9 Å². The third-order valence-corrected chi connectivity index (χ3v) is 9.03. The van der Waals surface area contributed by atoms with E-state index in [2.05, 4.69) is 4.74 Å². The number of rotatable bonds is 5. The van der Waals surface area contributed by atoms with E-state index in [0.29, 0.717) is 6.04 Å². The van der Waals surface area contributed by atoms with Crippen LogP contribution in [0.4, 0.5) is 0 Å². The minimum absolute atomic E-state index is 0.425. The Balaban J connectivity index is 2.58. The molecule has 0 aromatic heterocycles. The maximum Gasteiger partial charge on any atom is 0.327 e. The second kappa shape index (κ2) is 4.40. The van der Waals surface area contributed by atoms with Crippen LogP contribution in [0, 0.1) is 5.92 Å². The minimum Gasteiger partial charge on any atom is -0.436 e. The normalized spacial score (nSPS) is 18.3. The number of carbonyl (C=O) groups is 2. The molecule has 0 atom stereocenters. The first-order valence-electron chi connectivity index (χ1n) is 5.18. The van der Waals surface area contributed by atoms with Gasteiger partial charge in [-0.15, -0.1) is 0 Å². The van der Waals surface area contributed by atoms with E-state index in [1.165, 1.54) is 0 Å². The number of ether oxygens (including phenoxy) is 1. The molecule has 5 nitrogen and oxygen atoms in total. The molecule has 0 radical (unpaired) electrons. The zero-order valence-electron chi connectivity index (χ0n) is 10.3. The highest BCUT2D eigenvalue weighted by molar-refractivity contribution is 6.82. The maximum absolute atomic E-state index is 11.1. The average molecular weight is 262 g/mol. The molecule has 0 aliphatic carbocycles. The summed E-state index contributed by atoms with van der Waals surface area (Å²) in [6.07, 6.45) is 0. The zero-order valence-corrected chi connectivity index (χ0v) is 12.3. The highest BCUT2D eigenvalue weighted by Crippen LogP contribution is 2.28. The first-order chi connectivity index (χ1) is 7.17. The van der Waals surface area contributed by atoms with Crippen LogP contribution in [0.1, 0.15) is 0 Å². The van der Waals surface area contributed by atoms with Gasteiger partial charge in [0.15, 0.2) is 14.2 Å². The van der Waals surface area contributed by atoms with Crippen LogP contribution >= 0.6 is 0 Å². The molecule has 0 aromatic rings. The molecule has 1 aliphatic rings. The van der Waals surface area contributed by atoms with Gasteiger partial charge in [-0.1, -0.05) is 0 Å². The highest BCUT2D eigenvalue weighted by atomic mass is 28.4. The monoisotopic (exact) mass is 262 g/mol. The zero-order chi connectivity index (χ0) is 12.6. The van der Waals surface area contributed by atoms with Crippen molar-refractivity contribution in [1.29, 1.82) is 0 Å². The van der Waals surface area contributed by atoms with Crippen LogP contribution in [0.3, 0.4) is 0 Å². The van der Waals surface area contributed by atoms with Gasteiger partial charge in [-0.3, -0.25) is 9.59 Å². The van der Waals surface area contributed by atoms with E-state index in [1.807, 2.05) is 26.2 Å². The van der Waals surface area contributed by atoms with Crippen molar-refractivity contribution in [3.8, 4) is 0 Å². The van der Waals surface area contributed by atoms with E-state index in [0.717, 1.165) is 0 Å². The van der Waals surface area contributed by atoms with Crippen LogP contribution in [0.15, 0.2) is 0 Å². The fourth-order valence-electron chi connectivity index (χ4n) is 1.69. The largest absolute Gasteiger partial charge is 0.436 e. The molecular formula is C9H18O5Si2. The van der Waals surface area contributed by atoms with Crippen LogP contribution in [0.5, 0.6) is 0 Å². The van der Waals surface area contributed by atoms with E-state index < -0.39 is 34.7 Å². The van der Waals surface area contributed by atoms with Gasteiger partial charge in [0.25, 0.3) is 0 Å². The summed E-state index contributed by atoms with van der Waals surface area (Å²) in [4.78, 5) is 22.1. The van der Waals surface area contributed by atoms with Crippen LogP contribution < -0.4 is 0 Å². The molecule has 1 aliphatic heterocycles. The number of cyclic esters (lactones) is 2. The molecule has 0 unspecified atom stereocenters. The first kappa shape index (κ1) is 13.6. The van der Waals surface area contributed by atoms with Gasteiger partial charge in [-0.25, -0.2) is 0 Å². The fraction of sp³-hybridized carbons (Fsp3) is 0.778. The summed E-state index contributed by atoms with van der Waals surface area (Å²) in [7, 11) is -2.55. The van der Waals surface area contributed by atoms with Crippen molar-refractivity contribution in [2.24, 2.45) is 5.92 Å². The molecule has 0 saturated carbocycles. The standard InChI is InChI=1S/C9H18O5Si2/c1-12-16(4,5)14-15(2,3)6-7-8(10)13-9(7)11/h7H,6H2,1-5H3. The third-order valence-electron chi connectivity index (χ3n) is 2.48. The summed E-state index contributed by atoms with van der Waals surface area (Å²) in [5.74, 6) is -1.46. The highest BCUT2D eigenvalue weighted by Gasteiger charge is 2.47. The molecule has 0 N–H and O–H groups in total. The number of hydrogen-bond donors (Lipinski definition) is 0. The Morgan fingerprint density at radius 2 is 1.69 bits per heavy atom. The molecule has 16 heavy (non-hydrogen) atoms. The van der Waals surface area contributed by atoms with E-state index in [-0.39, 0.29) is 0 Å². The van der Waals surface area contributed by atoms with Crippen molar-refractivity contribution in [2.75, 3.05) is 7.11 Å². The predicted molar refractivity (Wildman–Crippen MR) is 62.5 cm³/mol. The van der Waals surface area contributed by atoms with Crippen molar-refractivity contribution in [3.63, 3.8) is 0 Å². The summed E-state index contributed by atoms with van der Waals surface area (Å²) < 4.78 is 15.6. The lowest BCUT2D eigenvalue weighted by Crippen LogP contribution is -2.51. The van der Waals surface area contributed by atoms with E-state index in [1.54, 1.807) is 7.11 Å². The molecule has 0 aromatic carbocycles. The first-order valence-corrected chi connectivity index (χ1v) is 11.1. The Hall–Kier alpha value is -0.506. The second-order valence-corrected chi connectivity index (χ2v) is 12.9. The number of carbonyl (C=O) groups excluding carboxylic acids is 2. The third kappa shape index (κ3) is 3.24. The van der Waals surface area contributed by atoms with Gasteiger partial charge in [-0.2, -0.15) is 0 Å². The van der Waals surface area contributed by atoms with E-state index >= 15 is 0 Å². The van der Waals surface area contributed by atoms with Crippen molar-refractivity contribution >= 4 is 28.8 Å². The van der Waals surface area contributed by atoms with Crippen LogP contribution in [0.25, 0.3) is 0 Å². The molecule has 92 valence electrons. The minimum atomic E-state index is -2.11. The molecule has 1 fully saturated rings. The smallest absolute Gasteiger partial charge is 0.327 e. The second-order valence-electron chi connectivity index (χ2n) is 4.96. The lowest BCUT2D eigenvalue weighted by atomic mass is 10.1. The van der Waals surface area contributed by atoms with Gasteiger partial charge >= 0.3 is 20.5 Å². The summed E-state index contributed by atoms with van der Waals surface area (Å²) in [5.41, 5.74) is 0. The van der Waals surface area contributed by atoms with Gasteiger partial charge < -0.3 is 13.3 Å². The molecule has 7 heteroatoms. The Morgan fingerprint density at radius 3 is 2.06 bits per heavy atom. The predicted octanol–water partition coefficient (Wildman–Crippen LogP) is 1.26. The lowest BCUT2D eigenvalue weighted by Gasteiger charge is -2.35. The summed E-state index contributed by atoms with van der Waals surface area (Å²) in [5, 5.41) is 0. The molecule has 1 saturated heterocycles. The maximum atomic E-state index is 11.1. The van der Waals surface area contributed by atoms with Crippen molar-refractivity contribution in [1.82, 2.24) is 0 Å². The fourth-order valence-corrected chi connectivity index (χ4v) is 8.99.